The number of carbonyl (C=O) groups is 3. The first-order chi connectivity index (χ1) is 9.04. The number of nitrogens with one attached hydrogen (secondary N) is 3. The van der Waals surface area contributed by atoms with Crippen LogP contribution in [-0.2, 0) is 9.59 Å². The lowest BCUT2D eigenvalue weighted by atomic mass is 10.1. The second-order valence-electron chi connectivity index (χ2n) is 5.20. The van der Waals surface area contributed by atoms with Gasteiger partial charge in [0.2, 0.25) is 5.91 Å². The van der Waals surface area contributed by atoms with Gasteiger partial charge in [-0.25, -0.2) is 4.79 Å². The van der Waals surface area contributed by atoms with Crippen molar-refractivity contribution in [3.8, 4) is 0 Å². The molecule has 19 heavy (non-hydrogen) atoms. The number of aliphatic carboxylic acids is 1. The molecule has 7 heteroatoms. The number of amides is 3. The van der Waals surface area contributed by atoms with Gasteiger partial charge in [-0.1, -0.05) is 0 Å². The third-order valence-corrected chi connectivity index (χ3v) is 3.50. The monoisotopic (exact) mass is 269 g/mol. The van der Waals surface area contributed by atoms with Gasteiger partial charge in [-0.05, 0) is 25.2 Å². The Hall–Kier alpha value is -1.79. The summed E-state index contributed by atoms with van der Waals surface area (Å²) >= 11 is 0. The molecule has 0 aromatic heterocycles. The molecule has 2 unspecified atom stereocenters. The van der Waals surface area contributed by atoms with E-state index in [2.05, 4.69) is 16.0 Å². The van der Waals surface area contributed by atoms with Crippen LogP contribution >= 0.6 is 0 Å². The lowest BCUT2D eigenvalue weighted by molar-refractivity contribution is -0.137. The van der Waals surface area contributed by atoms with E-state index in [0.29, 0.717) is 13.0 Å². The zero-order chi connectivity index (χ0) is 13.8. The molecule has 0 spiro atoms. The van der Waals surface area contributed by atoms with Gasteiger partial charge in [0.1, 0.15) is 0 Å². The number of carboxylic acids is 1. The van der Waals surface area contributed by atoms with Crippen LogP contribution in [0.3, 0.4) is 0 Å². The highest BCUT2D eigenvalue weighted by Crippen LogP contribution is 2.33. The van der Waals surface area contributed by atoms with Crippen molar-refractivity contribution in [2.45, 2.75) is 44.2 Å². The van der Waals surface area contributed by atoms with Crippen LogP contribution in [0.25, 0.3) is 0 Å². The summed E-state index contributed by atoms with van der Waals surface area (Å²) in [5, 5.41) is 16.9. The van der Waals surface area contributed by atoms with Gasteiger partial charge in [-0.2, -0.15) is 0 Å². The van der Waals surface area contributed by atoms with Crippen LogP contribution in [0, 0.1) is 5.92 Å². The summed E-state index contributed by atoms with van der Waals surface area (Å²) in [6.45, 7) is 0.377. The standard InChI is InChI=1S/C12H19N3O4/c16-10-4-3-8(14-10)6-13-12(19)15-9(5-11(17)18)7-1-2-7/h7-9H,1-6H2,(H,14,16)(H,17,18)(H2,13,15,19). The van der Waals surface area contributed by atoms with E-state index in [9.17, 15) is 14.4 Å². The van der Waals surface area contributed by atoms with Crippen LogP contribution in [-0.4, -0.2) is 41.6 Å². The summed E-state index contributed by atoms with van der Waals surface area (Å²) in [4.78, 5) is 33.4. The average Bonchev–Trinajstić information content (AvgIpc) is 3.09. The summed E-state index contributed by atoms with van der Waals surface area (Å²) in [6.07, 6.45) is 3.12. The maximum Gasteiger partial charge on any atom is 0.315 e. The SMILES string of the molecule is O=C(O)CC(NC(=O)NCC1CCC(=O)N1)C1CC1. The fraction of sp³-hybridized carbons (Fsp3) is 0.750. The van der Waals surface area contributed by atoms with E-state index in [1.165, 1.54) is 0 Å². The van der Waals surface area contributed by atoms with Gasteiger partial charge < -0.3 is 21.1 Å². The molecule has 0 bridgehead atoms. The van der Waals surface area contributed by atoms with Crippen molar-refractivity contribution in [2.75, 3.05) is 6.54 Å². The van der Waals surface area contributed by atoms with Crippen molar-refractivity contribution in [1.29, 1.82) is 0 Å². The number of rotatable bonds is 6. The quantitative estimate of drug-likeness (QED) is 0.536. The molecule has 2 fully saturated rings. The van der Waals surface area contributed by atoms with Crippen LogP contribution in [0.2, 0.25) is 0 Å². The van der Waals surface area contributed by atoms with E-state index in [-0.39, 0.29) is 36.4 Å². The van der Waals surface area contributed by atoms with E-state index in [1.54, 1.807) is 0 Å². The number of hydrogen-bond donors (Lipinski definition) is 4. The topological polar surface area (TPSA) is 108 Å². The Morgan fingerprint density at radius 1 is 1.37 bits per heavy atom. The van der Waals surface area contributed by atoms with Gasteiger partial charge in [-0.3, -0.25) is 9.59 Å². The first-order valence-corrected chi connectivity index (χ1v) is 6.60. The Balaban J connectivity index is 1.70. The molecule has 7 nitrogen and oxygen atoms in total. The minimum Gasteiger partial charge on any atom is -0.481 e. The highest BCUT2D eigenvalue weighted by molar-refractivity contribution is 5.79. The number of carbonyl (C=O) groups excluding carboxylic acids is 2. The van der Waals surface area contributed by atoms with Crippen LogP contribution in [0.5, 0.6) is 0 Å². The minimum atomic E-state index is -0.903. The van der Waals surface area contributed by atoms with Crippen molar-refractivity contribution < 1.29 is 19.5 Å². The third-order valence-electron chi connectivity index (χ3n) is 3.50. The first kappa shape index (κ1) is 13.6. The second kappa shape index (κ2) is 5.90. The molecule has 1 heterocycles. The molecule has 1 saturated carbocycles. The van der Waals surface area contributed by atoms with Crippen LogP contribution in [0.1, 0.15) is 32.1 Å². The molecular formula is C12H19N3O4. The van der Waals surface area contributed by atoms with Gasteiger partial charge in [-0.15, -0.1) is 0 Å². The predicted molar refractivity (Wildman–Crippen MR) is 66.5 cm³/mol. The fourth-order valence-corrected chi connectivity index (χ4v) is 2.29. The zero-order valence-corrected chi connectivity index (χ0v) is 10.6. The highest BCUT2D eigenvalue weighted by atomic mass is 16.4. The third kappa shape index (κ3) is 4.42. The van der Waals surface area contributed by atoms with Crippen molar-refractivity contribution in [2.24, 2.45) is 5.92 Å². The van der Waals surface area contributed by atoms with Crippen molar-refractivity contribution in [3.63, 3.8) is 0 Å². The Bertz CT molecular complexity index is 381. The van der Waals surface area contributed by atoms with Gasteiger partial charge in [0.25, 0.3) is 0 Å². The summed E-state index contributed by atoms with van der Waals surface area (Å²) in [6, 6.07) is -0.674. The van der Waals surface area contributed by atoms with E-state index < -0.39 is 5.97 Å². The molecule has 106 valence electrons. The molecule has 2 rings (SSSR count). The van der Waals surface area contributed by atoms with Gasteiger partial charge in [0.05, 0.1) is 6.42 Å². The van der Waals surface area contributed by atoms with Crippen molar-refractivity contribution in [1.82, 2.24) is 16.0 Å². The van der Waals surface area contributed by atoms with E-state index in [0.717, 1.165) is 19.3 Å². The summed E-state index contributed by atoms with van der Waals surface area (Å²) in [5.74, 6) is -0.609. The highest BCUT2D eigenvalue weighted by Gasteiger charge is 2.33. The van der Waals surface area contributed by atoms with Crippen molar-refractivity contribution in [3.05, 3.63) is 0 Å². The van der Waals surface area contributed by atoms with Crippen LogP contribution < -0.4 is 16.0 Å². The minimum absolute atomic E-state index is 0.00828. The normalized spacial score (nSPS) is 23.6. The maximum absolute atomic E-state index is 11.7. The Morgan fingerprint density at radius 2 is 2.11 bits per heavy atom. The van der Waals surface area contributed by atoms with Gasteiger partial charge in [0, 0.05) is 25.0 Å². The second-order valence-corrected chi connectivity index (χ2v) is 5.20. The molecular weight excluding hydrogens is 250 g/mol. The van der Waals surface area contributed by atoms with Crippen LogP contribution in [0.4, 0.5) is 4.79 Å². The average molecular weight is 269 g/mol. The molecule has 2 aliphatic rings. The molecule has 1 aliphatic carbocycles. The molecule has 1 aliphatic heterocycles. The summed E-state index contributed by atoms with van der Waals surface area (Å²) in [5.41, 5.74) is 0. The predicted octanol–water partition coefficient (Wildman–Crippen LogP) is -0.183. The molecule has 1 saturated heterocycles. The number of hydrogen-bond acceptors (Lipinski definition) is 3. The smallest absolute Gasteiger partial charge is 0.315 e. The number of urea groups is 1. The van der Waals surface area contributed by atoms with E-state index in [4.69, 9.17) is 5.11 Å². The van der Waals surface area contributed by atoms with E-state index in [1.807, 2.05) is 0 Å². The molecule has 3 amide bonds. The van der Waals surface area contributed by atoms with Crippen molar-refractivity contribution >= 4 is 17.9 Å². The fourth-order valence-electron chi connectivity index (χ4n) is 2.29. The largest absolute Gasteiger partial charge is 0.481 e. The molecule has 0 radical (unpaired) electrons. The first-order valence-electron chi connectivity index (χ1n) is 6.60. The zero-order valence-electron chi connectivity index (χ0n) is 10.6. The molecule has 0 aromatic carbocycles. The Morgan fingerprint density at radius 3 is 2.63 bits per heavy atom. The Labute approximate surface area is 111 Å². The van der Waals surface area contributed by atoms with Gasteiger partial charge >= 0.3 is 12.0 Å². The maximum atomic E-state index is 11.7. The van der Waals surface area contributed by atoms with Crippen LogP contribution in [0.15, 0.2) is 0 Å². The van der Waals surface area contributed by atoms with E-state index >= 15 is 0 Å². The lowest BCUT2D eigenvalue weighted by Crippen LogP contribution is -2.47. The molecule has 4 N–H and O–H groups in total. The summed E-state index contributed by atoms with van der Waals surface area (Å²) < 4.78 is 0. The summed E-state index contributed by atoms with van der Waals surface area (Å²) in [7, 11) is 0. The molecule has 0 aromatic rings. The lowest BCUT2D eigenvalue weighted by Gasteiger charge is -2.18. The number of carboxylic acid groups (broad SMARTS) is 1. The van der Waals surface area contributed by atoms with Gasteiger partial charge in [0.15, 0.2) is 0 Å². The Kier molecular flexibility index (Phi) is 4.24. The molecule has 2 atom stereocenters.